The maximum atomic E-state index is 12.1. The fourth-order valence-electron chi connectivity index (χ4n) is 2.32. The predicted octanol–water partition coefficient (Wildman–Crippen LogP) is -6.14. The van der Waals surface area contributed by atoms with Crippen molar-refractivity contribution in [3.63, 3.8) is 0 Å². The van der Waals surface area contributed by atoms with Gasteiger partial charge < -0.3 is 25.3 Å². The zero-order valence-electron chi connectivity index (χ0n) is 13.4. The molecule has 2 fully saturated rings. The third kappa shape index (κ3) is 5.02. The number of oxime groups is 1. The first kappa shape index (κ1) is 21.6. The molecule has 13 nitrogen and oxygen atoms in total. The molecule has 3 N–H and O–H groups in total. The molecule has 2 aliphatic heterocycles. The van der Waals surface area contributed by atoms with Crippen molar-refractivity contribution in [2.24, 2.45) is 10.9 Å². The molecule has 2 bridgehead atoms. The monoisotopic (exact) mass is 387 g/mol. The molecular weight excluding hydrogens is 373 g/mol. The molecule has 2 heterocycles. The Kier molecular flexibility index (Phi) is 7.16. The molecule has 2 rings (SSSR count). The van der Waals surface area contributed by atoms with E-state index >= 15 is 0 Å². The first-order valence-corrected chi connectivity index (χ1v) is 7.91. The minimum absolute atomic E-state index is 0. The Labute approximate surface area is 164 Å². The molecule has 15 heteroatoms. The number of nitrogens with one attached hydrogen (secondary N) is 1. The van der Waals surface area contributed by atoms with Crippen molar-refractivity contribution in [3.8, 4) is 0 Å². The maximum Gasteiger partial charge on any atom is 1.00 e. The molecule has 0 saturated carbocycles. The summed E-state index contributed by atoms with van der Waals surface area (Å²) in [5.74, 6) is -1.34. The van der Waals surface area contributed by atoms with Gasteiger partial charge in [0.1, 0.15) is 12.1 Å². The van der Waals surface area contributed by atoms with E-state index in [1.54, 1.807) is 0 Å². The van der Waals surface area contributed by atoms with Crippen LogP contribution in [0.25, 0.3) is 0 Å². The summed E-state index contributed by atoms with van der Waals surface area (Å²) in [7, 11) is -3.85. The van der Waals surface area contributed by atoms with E-state index in [0.717, 1.165) is 4.90 Å². The van der Waals surface area contributed by atoms with E-state index in [0.29, 0.717) is 5.06 Å². The fourth-order valence-corrected chi connectivity index (χ4v) is 2.69. The van der Waals surface area contributed by atoms with Crippen LogP contribution in [-0.4, -0.2) is 78.8 Å². The summed E-state index contributed by atoms with van der Waals surface area (Å²) in [5.41, 5.74) is 5.25. The van der Waals surface area contributed by atoms with Crippen LogP contribution in [0, 0.1) is 0 Å². The number of hydrogen-bond donors (Lipinski definition) is 2. The molecule has 134 valence electrons. The van der Waals surface area contributed by atoms with Gasteiger partial charge >= 0.3 is 35.6 Å². The van der Waals surface area contributed by atoms with Crippen molar-refractivity contribution in [1.82, 2.24) is 15.3 Å². The van der Waals surface area contributed by atoms with Crippen LogP contribution in [0.1, 0.15) is 6.42 Å². The van der Waals surface area contributed by atoms with Crippen LogP contribution in [0.2, 0.25) is 0 Å². The van der Waals surface area contributed by atoms with Crippen LogP contribution >= 0.6 is 0 Å². The molecule has 0 aliphatic carbocycles. The zero-order chi connectivity index (χ0) is 18.1. The molecule has 4 amide bonds. The summed E-state index contributed by atoms with van der Waals surface area (Å²) in [5, 5.41) is 6.23. The van der Waals surface area contributed by atoms with E-state index in [1.807, 2.05) is 0 Å². The normalized spacial score (nSPS) is 24.1. The van der Waals surface area contributed by atoms with Crippen LogP contribution < -0.4 is 40.6 Å². The fraction of sp³-hybridized carbons (Fsp3) is 0.600. The van der Waals surface area contributed by atoms with Crippen molar-refractivity contribution in [2.45, 2.75) is 18.5 Å². The number of hydroxylamine groups is 2. The van der Waals surface area contributed by atoms with Crippen molar-refractivity contribution in [3.05, 3.63) is 0 Å². The van der Waals surface area contributed by atoms with Gasteiger partial charge in [-0.25, -0.2) is 13.2 Å². The van der Waals surface area contributed by atoms with E-state index < -0.39 is 46.9 Å². The number of nitrogens with two attached hydrogens (primary N) is 1. The number of hydrogen-bond acceptors (Lipinski definition) is 9. The molecule has 0 aromatic carbocycles. The van der Waals surface area contributed by atoms with Gasteiger partial charge in [-0.2, -0.15) is 9.35 Å². The maximum absolute atomic E-state index is 12.1. The number of piperidine rings is 1. The number of carbonyl (C=O) groups excluding carboxylic acids is 3. The van der Waals surface area contributed by atoms with Gasteiger partial charge in [-0.05, 0) is 0 Å². The van der Waals surface area contributed by atoms with E-state index in [4.69, 9.17) is 10.6 Å². The van der Waals surface area contributed by atoms with Gasteiger partial charge in [-0.15, -0.1) is 0 Å². The molecule has 0 spiro atoms. The largest absolute Gasteiger partial charge is 1.00 e. The average Bonchev–Trinajstić information content (AvgIpc) is 2.74. The SMILES string of the molecule is CNC(=O)CO/N=C1\C[C@@H](C(N)=O)N2C[C@@H]1N(OS(=O)(=O)[O-])C2=O.[Na+]. The number of nitrogens with zero attached hydrogens (tertiary/aromatic N) is 3. The predicted molar refractivity (Wildman–Crippen MR) is 73.6 cm³/mol. The molecule has 25 heavy (non-hydrogen) atoms. The van der Waals surface area contributed by atoms with Crippen LogP contribution in [0.5, 0.6) is 0 Å². The summed E-state index contributed by atoms with van der Waals surface area (Å²) in [6, 6.07) is -3.19. The van der Waals surface area contributed by atoms with Gasteiger partial charge in [-0.1, -0.05) is 5.16 Å². The van der Waals surface area contributed by atoms with Gasteiger partial charge in [0.15, 0.2) is 6.61 Å². The molecule has 2 atom stereocenters. The van der Waals surface area contributed by atoms with E-state index in [1.165, 1.54) is 7.05 Å². The van der Waals surface area contributed by atoms with Crippen LogP contribution in [0.3, 0.4) is 0 Å². The van der Waals surface area contributed by atoms with Gasteiger partial charge in [0.2, 0.25) is 16.3 Å². The molecule has 2 saturated heterocycles. The van der Waals surface area contributed by atoms with Crippen LogP contribution in [-0.2, 0) is 29.1 Å². The minimum atomic E-state index is -5.23. The Balaban J connectivity index is 0.00000312. The Bertz CT molecular complexity index is 697. The number of urea groups is 1. The smallest absolute Gasteiger partial charge is 0.724 e. The van der Waals surface area contributed by atoms with E-state index in [9.17, 15) is 27.4 Å². The molecule has 0 aromatic rings. The Morgan fingerprint density at radius 2 is 2.12 bits per heavy atom. The second-order valence-corrected chi connectivity index (χ2v) is 5.88. The number of likely N-dealkylation sites (N-methyl/N-ethyl adjacent to an activating group) is 1. The number of primary amides is 1. The van der Waals surface area contributed by atoms with Crippen molar-refractivity contribution in [2.75, 3.05) is 20.2 Å². The number of amides is 4. The molecule has 0 aromatic heterocycles. The van der Waals surface area contributed by atoms with E-state index in [2.05, 4.69) is 14.8 Å². The number of rotatable bonds is 6. The second kappa shape index (κ2) is 8.29. The van der Waals surface area contributed by atoms with Crippen LogP contribution in [0.4, 0.5) is 4.79 Å². The summed E-state index contributed by atoms with van der Waals surface area (Å²) in [6.07, 6.45) is -0.155. The van der Waals surface area contributed by atoms with Crippen LogP contribution in [0.15, 0.2) is 5.16 Å². The standard InChI is InChI=1S/C10H15N5O8S.Na/c1-12-8(16)4-22-13-5-2-6(9(11)17)14-3-7(5)15(10(14)18)23-24(19,20)21;/h6-7H,2-4H2,1H3,(H2,11,17)(H,12,16)(H,19,20,21);/q;+1/p-1/b13-5+;/t6-,7-;/m0./s1. The molecular formula is C10H14N5NaO8S. The van der Waals surface area contributed by atoms with Gasteiger partial charge in [-0.3, -0.25) is 9.59 Å². The molecule has 0 radical (unpaired) electrons. The van der Waals surface area contributed by atoms with Crippen molar-refractivity contribution < 1.29 is 66.0 Å². The van der Waals surface area contributed by atoms with Gasteiger partial charge in [0, 0.05) is 13.5 Å². The van der Waals surface area contributed by atoms with Gasteiger partial charge in [0.05, 0.1) is 12.3 Å². The summed E-state index contributed by atoms with van der Waals surface area (Å²) in [6.45, 7) is -0.615. The first-order chi connectivity index (χ1) is 11.1. The third-order valence-corrected chi connectivity index (χ3v) is 3.75. The van der Waals surface area contributed by atoms with Crippen molar-refractivity contribution in [1.29, 1.82) is 0 Å². The zero-order valence-corrected chi connectivity index (χ0v) is 16.2. The van der Waals surface area contributed by atoms with Gasteiger partial charge in [0.25, 0.3) is 5.91 Å². The third-order valence-electron chi connectivity index (χ3n) is 3.41. The average molecular weight is 387 g/mol. The summed E-state index contributed by atoms with van der Waals surface area (Å²) >= 11 is 0. The summed E-state index contributed by atoms with van der Waals surface area (Å²) in [4.78, 5) is 40.5. The van der Waals surface area contributed by atoms with E-state index in [-0.39, 0.29) is 48.2 Å². The molecule has 2 aliphatic rings. The topological polar surface area (TPSA) is 184 Å². The Morgan fingerprint density at radius 1 is 1.48 bits per heavy atom. The first-order valence-electron chi connectivity index (χ1n) is 6.58. The van der Waals surface area contributed by atoms with Crippen molar-refractivity contribution >= 4 is 34.0 Å². The number of fused-ring (bicyclic) bond motifs is 2. The molecule has 0 unspecified atom stereocenters. The second-order valence-electron chi connectivity index (χ2n) is 4.91. The Morgan fingerprint density at radius 3 is 2.64 bits per heavy atom. The Hall–Kier alpha value is -1.45. The quantitative estimate of drug-likeness (QED) is 0.195. The minimum Gasteiger partial charge on any atom is -0.724 e. The summed E-state index contributed by atoms with van der Waals surface area (Å²) < 4.78 is 36.5. The number of carbonyl (C=O) groups is 3.